The minimum atomic E-state index is -0.0488. The van der Waals surface area contributed by atoms with Crippen molar-refractivity contribution in [1.29, 1.82) is 0 Å². The Morgan fingerprint density at radius 3 is 2.73 bits per heavy atom. The van der Waals surface area contributed by atoms with Crippen molar-refractivity contribution < 1.29 is 9.53 Å². The van der Waals surface area contributed by atoms with Gasteiger partial charge < -0.3 is 15.4 Å². The smallest absolute Gasteiger partial charge is 0.224 e. The van der Waals surface area contributed by atoms with Crippen LogP contribution in [0, 0.1) is 0 Å². The molecular weight excluding hydrogens is 400 g/mol. The van der Waals surface area contributed by atoms with Crippen LogP contribution < -0.4 is 15.4 Å². The van der Waals surface area contributed by atoms with Crippen molar-refractivity contribution in [1.82, 2.24) is 10.3 Å². The number of aryl methyl sites for hydroxylation is 1. The average molecular weight is 421 g/mol. The molecule has 2 heterocycles. The second kappa shape index (κ2) is 9.41. The van der Waals surface area contributed by atoms with Crippen LogP contribution >= 0.6 is 11.6 Å². The molecule has 30 heavy (non-hydrogen) atoms. The predicted molar refractivity (Wildman–Crippen MR) is 119 cm³/mol. The van der Waals surface area contributed by atoms with Gasteiger partial charge in [-0.15, -0.1) is 0 Å². The first-order chi connectivity index (χ1) is 14.7. The monoisotopic (exact) mass is 420 g/mol. The minimum Gasteiger partial charge on any atom is -0.457 e. The Labute approximate surface area is 180 Å². The van der Waals surface area contributed by atoms with Crippen LogP contribution in [-0.4, -0.2) is 29.8 Å². The molecule has 0 saturated heterocycles. The summed E-state index contributed by atoms with van der Waals surface area (Å²) in [5, 5.41) is 6.72. The van der Waals surface area contributed by atoms with Gasteiger partial charge in [0.1, 0.15) is 23.0 Å². The van der Waals surface area contributed by atoms with E-state index >= 15 is 0 Å². The Morgan fingerprint density at radius 2 is 1.93 bits per heavy atom. The summed E-state index contributed by atoms with van der Waals surface area (Å²) in [6, 6.07) is 18.5. The molecule has 1 aliphatic heterocycles. The lowest BCUT2D eigenvalue weighted by atomic mass is 10.1. The van der Waals surface area contributed by atoms with Gasteiger partial charge in [0.05, 0.1) is 6.54 Å². The fraction of sp³-hybridized carbons (Fsp3) is 0.174. The Morgan fingerprint density at radius 1 is 1.10 bits per heavy atom. The molecule has 2 aromatic carbocycles. The van der Waals surface area contributed by atoms with Gasteiger partial charge in [0.25, 0.3) is 0 Å². The Bertz CT molecular complexity index is 1070. The van der Waals surface area contributed by atoms with Gasteiger partial charge in [-0.2, -0.15) is 0 Å². The molecule has 1 amide bonds. The lowest BCUT2D eigenvalue weighted by Gasteiger charge is -2.09. The molecule has 0 bridgehead atoms. The largest absolute Gasteiger partial charge is 0.457 e. The number of hydrogen-bond acceptors (Lipinski definition) is 5. The highest BCUT2D eigenvalue weighted by Crippen LogP contribution is 2.23. The lowest BCUT2D eigenvalue weighted by Crippen LogP contribution is -2.20. The summed E-state index contributed by atoms with van der Waals surface area (Å²) in [6.07, 6.45) is 2.69. The topological polar surface area (TPSA) is 75.6 Å². The zero-order valence-electron chi connectivity index (χ0n) is 16.3. The molecule has 0 unspecified atom stereocenters. The third-order valence-corrected chi connectivity index (χ3v) is 4.80. The maximum absolute atomic E-state index is 12.2. The number of benzene rings is 2. The third kappa shape index (κ3) is 5.36. The van der Waals surface area contributed by atoms with Gasteiger partial charge in [-0.25, -0.2) is 0 Å². The first kappa shape index (κ1) is 19.9. The molecule has 4 rings (SSSR count). The van der Waals surface area contributed by atoms with Crippen molar-refractivity contribution >= 4 is 29.0 Å². The van der Waals surface area contributed by atoms with Crippen LogP contribution in [0.3, 0.4) is 0 Å². The number of pyridine rings is 1. The first-order valence-corrected chi connectivity index (χ1v) is 10.1. The molecule has 6 nitrogen and oxygen atoms in total. The molecule has 1 aliphatic rings. The number of rotatable bonds is 7. The standard InChI is InChI=1S/C23H21ClN4O2/c24-17-5-7-18(8-6-17)28-22(29)9-4-16-2-1-3-19(14-16)30-20-10-11-25-21(15-20)23-26-12-13-27-23/h1-3,5-8,10-11,14-15H,4,9,12-13H2,(H,26,27)(H,28,29). The van der Waals surface area contributed by atoms with Gasteiger partial charge in [-0.1, -0.05) is 23.7 Å². The number of ether oxygens (including phenoxy) is 1. The number of carbonyl (C=O) groups is 1. The molecule has 3 aromatic rings. The van der Waals surface area contributed by atoms with E-state index in [9.17, 15) is 4.79 Å². The van der Waals surface area contributed by atoms with E-state index in [4.69, 9.17) is 16.3 Å². The summed E-state index contributed by atoms with van der Waals surface area (Å²) in [5.41, 5.74) is 2.52. The number of nitrogens with one attached hydrogen (secondary N) is 2. The predicted octanol–water partition coefficient (Wildman–Crippen LogP) is 4.45. The first-order valence-electron chi connectivity index (χ1n) is 9.73. The Kier molecular flexibility index (Phi) is 6.25. The van der Waals surface area contributed by atoms with Crippen LogP contribution in [0.1, 0.15) is 17.7 Å². The number of hydrogen-bond donors (Lipinski definition) is 2. The Hall–Kier alpha value is -3.38. The fourth-order valence-corrected chi connectivity index (χ4v) is 3.21. The van der Waals surface area contributed by atoms with E-state index in [-0.39, 0.29) is 5.91 Å². The molecule has 0 saturated carbocycles. The van der Waals surface area contributed by atoms with Gasteiger partial charge in [0.2, 0.25) is 5.91 Å². The zero-order valence-corrected chi connectivity index (χ0v) is 17.0. The summed E-state index contributed by atoms with van der Waals surface area (Å²) in [7, 11) is 0. The van der Waals surface area contributed by atoms with E-state index in [1.54, 1.807) is 30.5 Å². The third-order valence-electron chi connectivity index (χ3n) is 4.55. The molecule has 1 aromatic heterocycles. The van der Waals surface area contributed by atoms with Crippen LogP contribution in [0.2, 0.25) is 5.02 Å². The van der Waals surface area contributed by atoms with Gasteiger partial charge in [-0.05, 0) is 54.4 Å². The average Bonchev–Trinajstić information content (AvgIpc) is 3.30. The van der Waals surface area contributed by atoms with Crippen molar-refractivity contribution in [3.05, 3.63) is 83.1 Å². The highest BCUT2D eigenvalue weighted by Gasteiger charge is 2.11. The van der Waals surface area contributed by atoms with Gasteiger partial charge in [-0.3, -0.25) is 14.8 Å². The number of amides is 1. The summed E-state index contributed by atoms with van der Waals surface area (Å²) in [4.78, 5) is 20.9. The van der Waals surface area contributed by atoms with Crippen molar-refractivity contribution in [2.45, 2.75) is 12.8 Å². The number of carbonyl (C=O) groups excluding carboxylic acids is 1. The molecule has 152 valence electrons. The van der Waals surface area contributed by atoms with Crippen LogP contribution in [0.15, 0.2) is 71.9 Å². The number of amidine groups is 1. The number of aliphatic imine (C=N–C) groups is 1. The number of anilines is 1. The molecule has 0 aliphatic carbocycles. The van der Waals surface area contributed by atoms with E-state index in [0.29, 0.717) is 29.4 Å². The number of nitrogens with zero attached hydrogens (tertiary/aromatic N) is 2. The van der Waals surface area contributed by atoms with Crippen molar-refractivity contribution in [3.63, 3.8) is 0 Å². The normalized spacial score (nSPS) is 12.8. The zero-order chi connectivity index (χ0) is 20.8. The molecule has 2 N–H and O–H groups in total. The molecule has 0 radical (unpaired) electrons. The van der Waals surface area contributed by atoms with E-state index in [2.05, 4.69) is 20.6 Å². The number of halogens is 1. The van der Waals surface area contributed by atoms with Crippen LogP contribution in [0.25, 0.3) is 0 Å². The van der Waals surface area contributed by atoms with Gasteiger partial charge in [0.15, 0.2) is 0 Å². The minimum absolute atomic E-state index is 0.0488. The molecular formula is C23H21ClN4O2. The SMILES string of the molecule is O=C(CCc1cccc(Oc2ccnc(C3=NCCN3)c2)c1)Nc1ccc(Cl)cc1. The van der Waals surface area contributed by atoms with Gasteiger partial charge in [0, 0.05) is 35.9 Å². The quantitative estimate of drug-likeness (QED) is 0.592. The fourth-order valence-electron chi connectivity index (χ4n) is 3.09. The molecule has 0 spiro atoms. The van der Waals surface area contributed by atoms with Crippen LogP contribution in [-0.2, 0) is 11.2 Å². The van der Waals surface area contributed by atoms with Crippen molar-refractivity contribution in [2.24, 2.45) is 4.99 Å². The highest BCUT2D eigenvalue weighted by atomic mass is 35.5. The van der Waals surface area contributed by atoms with Gasteiger partial charge >= 0.3 is 0 Å². The summed E-state index contributed by atoms with van der Waals surface area (Å²) in [5.74, 6) is 2.14. The highest BCUT2D eigenvalue weighted by molar-refractivity contribution is 6.30. The van der Waals surface area contributed by atoms with E-state index in [0.717, 1.165) is 35.9 Å². The summed E-state index contributed by atoms with van der Waals surface area (Å²) < 4.78 is 6.00. The van der Waals surface area contributed by atoms with E-state index in [1.165, 1.54) is 0 Å². The maximum atomic E-state index is 12.2. The second-order valence-electron chi connectivity index (χ2n) is 6.84. The number of aromatic nitrogens is 1. The van der Waals surface area contributed by atoms with Crippen LogP contribution in [0.4, 0.5) is 5.69 Å². The molecule has 7 heteroatoms. The van der Waals surface area contributed by atoms with E-state index < -0.39 is 0 Å². The summed E-state index contributed by atoms with van der Waals surface area (Å²) >= 11 is 5.87. The lowest BCUT2D eigenvalue weighted by molar-refractivity contribution is -0.116. The van der Waals surface area contributed by atoms with Crippen molar-refractivity contribution in [2.75, 3.05) is 18.4 Å². The molecule has 0 atom stereocenters. The second-order valence-corrected chi connectivity index (χ2v) is 7.27. The van der Waals surface area contributed by atoms with Crippen LogP contribution in [0.5, 0.6) is 11.5 Å². The molecule has 0 fully saturated rings. The summed E-state index contributed by atoms with van der Waals surface area (Å²) in [6.45, 7) is 1.59. The maximum Gasteiger partial charge on any atom is 0.224 e. The van der Waals surface area contributed by atoms with Crippen molar-refractivity contribution in [3.8, 4) is 11.5 Å². The Balaban J connectivity index is 1.35. The van der Waals surface area contributed by atoms with E-state index in [1.807, 2.05) is 36.4 Å².